The SMILES string of the molecule is O=S(=O)(N[C@H](c1ccccc1)c1nnc(-c2ccccc2)o1)c1ccc(C2CCCCC2)cc1. The Morgan fingerprint density at radius 1 is 0.794 bits per heavy atom. The highest BCUT2D eigenvalue weighted by atomic mass is 32.2. The van der Waals surface area contributed by atoms with Crippen molar-refractivity contribution in [2.75, 3.05) is 0 Å². The van der Waals surface area contributed by atoms with Crippen molar-refractivity contribution in [3.63, 3.8) is 0 Å². The molecule has 0 spiro atoms. The van der Waals surface area contributed by atoms with Crippen molar-refractivity contribution in [2.45, 2.75) is 49.0 Å². The van der Waals surface area contributed by atoms with E-state index in [1.165, 1.54) is 37.7 Å². The molecule has 1 aliphatic carbocycles. The maximum Gasteiger partial charge on any atom is 0.247 e. The molecule has 0 amide bonds. The number of hydrogen-bond donors (Lipinski definition) is 1. The van der Waals surface area contributed by atoms with E-state index in [1.807, 2.05) is 72.8 Å². The molecule has 0 radical (unpaired) electrons. The summed E-state index contributed by atoms with van der Waals surface area (Å²) in [5, 5.41) is 8.33. The van der Waals surface area contributed by atoms with Crippen LogP contribution in [0.4, 0.5) is 0 Å². The predicted octanol–water partition coefficient (Wildman–Crippen LogP) is 5.85. The Kier molecular flexibility index (Phi) is 6.56. The van der Waals surface area contributed by atoms with Crippen LogP contribution >= 0.6 is 0 Å². The van der Waals surface area contributed by atoms with E-state index in [0.717, 1.165) is 5.56 Å². The summed E-state index contributed by atoms with van der Waals surface area (Å²) in [5.41, 5.74) is 2.70. The maximum absolute atomic E-state index is 13.4. The average Bonchev–Trinajstić information content (AvgIpc) is 3.39. The van der Waals surface area contributed by atoms with Crippen LogP contribution in [-0.4, -0.2) is 18.6 Å². The first kappa shape index (κ1) is 22.5. The standard InChI is InChI=1S/C27H27N3O3S/c31-34(32,24-18-16-21(17-19-24)20-10-4-1-5-11-20)30-25(22-12-6-2-7-13-22)27-29-28-26(33-27)23-14-8-3-9-15-23/h2-3,6-9,12-20,25,30H,1,4-5,10-11H2/t25-/m1/s1. The molecule has 5 rings (SSSR count). The van der Waals surface area contributed by atoms with Gasteiger partial charge in [0.05, 0.1) is 4.90 Å². The van der Waals surface area contributed by atoms with Gasteiger partial charge in [-0.15, -0.1) is 10.2 Å². The summed E-state index contributed by atoms with van der Waals surface area (Å²) in [4.78, 5) is 0.218. The first-order valence-electron chi connectivity index (χ1n) is 11.7. The van der Waals surface area contributed by atoms with Crippen LogP contribution in [0.1, 0.15) is 61.1 Å². The molecule has 174 valence electrons. The average molecular weight is 474 g/mol. The van der Waals surface area contributed by atoms with Crippen molar-refractivity contribution in [3.8, 4) is 11.5 Å². The molecule has 1 atom stereocenters. The zero-order chi connectivity index (χ0) is 23.4. The topological polar surface area (TPSA) is 85.1 Å². The highest BCUT2D eigenvalue weighted by molar-refractivity contribution is 7.89. The molecule has 1 fully saturated rings. The van der Waals surface area contributed by atoms with Crippen LogP contribution in [0.15, 0.2) is 94.2 Å². The number of aromatic nitrogens is 2. The van der Waals surface area contributed by atoms with E-state index >= 15 is 0 Å². The summed E-state index contributed by atoms with van der Waals surface area (Å²) in [7, 11) is -3.84. The fourth-order valence-corrected chi connectivity index (χ4v) is 5.71. The van der Waals surface area contributed by atoms with Gasteiger partial charge in [-0.25, -0.2) is 8.42 Å². The van der Waals surface area contributed by atoms with Crippen molar-refractivity contribution < 1.29 is 12.8 Å². The lowest BCUT2D eigenvalue weighted by molar-refractivity contribution is 0.443. The van der Waals surface area contributed by atoms with Crippen LogP contribution in [0.5, 0.6) is 0 Å². The van der Waals surface area contributed by atoms with Gasteiger partial charge in [0.2, 0.25) is 21.8 Å². The number of hydrogen-bond acceptors (Lipinski definition) is 5. The number of nitrogens with one attached hydrogen (secondary N) is 1. The highest BCUT2D eigenvalue weighted by Gasteiger charge is 2.28. The van der Waals surface area contributed by atoms with Crippen molar-refractivity contribution in [2.24, 2.45) is 0 Å². The van der Waals surface area contributed by atoms with Crippen molar-refractivity contribution >= 4 is 10.0 Å². The van der Waals surface area contributed by atoms with Crippen molar-refractivity contribution in [1.29, 1.82) is 0 Å². The molecular weight excluding hydrogens is 446 g/mol. The first-order chi connectivity index (χ1) is 16.6. The summed E-state index contributed by atoms with van der Waals surface area (Å²) in [6.45, 7) is 0. The summed E-state index contributed by atoms with van der Waals surface area (Å²) in [6, 6.07) is 25.1. The normalized spacial score (nSPS) is 15.8. The third-order valence-corrected chi connectivity index (χ3v) is 7.82. The minimum atomic E-state index is -3.84. The van der Waals surface area contributed by atoms with Gasteiger partial charge in [-0.3, -0.25) is 0 Å². The van der Waals surface area contributed by atoms with E-state index in [1.54, 1.807) is 12.1 Å². The largest absolute Gasteiger partial charge is 0.419 e. The molecule has 1 N–H and O–H groups in total. The molecule has 3 aromatic carbocycles. The minimum absolute atomic E-state index is 0.187. The van der Waals surface area contributed by atoms with E-state index in [4.69, 9.17) is 4.42 Å². The third kappa shape index (κ3) is 4.95. The summed E-state index contributed by atoms with van der Waals surface area (Å²) in [5.74, 6) is 1.05. The maximum atomic E-state index is 13.4. The number of benzene rings is 3. The summed E-state index contributed by atoms with van der Waals surface area (Å²) >= 11 is 0. The molecule has 0 saturated heterocycles. The molecule has 34 heavy (non-hydrogen) atoms. The van der Waals surface area contributed by atoms with E-state index in [0.29, 0.717) is 17.4 Å². The lowest BCUT2D eigenvalue weighted by atomic mass is 9.84. The van der Waals surface area contributed by atoms with Gasteiger partial charge in [0.1, 0.15) is 6.04 Å². The van der Waals surface area contributed by atoms with Gasteiger partial charge < -0.3 is 4.42 Å². The van der Waals surface area contributed by atoms with Gasteiger partial charge in [0, 0.05) is 5.56 Å². The Hall–Kier alpha value is -3.29. The van der Waals surface area contributed by atoms with Crippen LogP contribution < -0.4 is 4.72 Å². The van der Waals surface area contributed by atoms with Crippen LogP contribution in [0.3, 0.4) is 0 Å². The van der Waals surface area contributed by atoms with Crippen LogP contribution in [0, 0.1) is 0 Å². The molecule has 1 saturated carbocycles. The van der Waals surface area contributed by atoms with E-state index in [-0.39, 0.29) is 10.8 Å². The molecule has 1 aliphatic rings. The zero-order valence-corrected chi connectivity index (χ0v) is 19.6. The second kappa shape index (κ2) is 9.91. The fraction of sp³-hybridized carbons (Fsp3) is 0.259. The highest BCUT2D eigenvalue weighted by Crippen LogP contribution is 2.33. The first-order valence-corrected chi connectivity index (χ1v) is 13.1. The Balaban J connectivity index is 1.43. The minimum Gasteiger partial charge on any atom is -0.419 e. The van der Waals surface area contributed by atoms with Crippen molar-refractivity contribution in [1.82, 2.24) is 14.9 Å². The van der Waals surface area contributed by atoms with Gasteiger partial charge in [-0.05, 0) is 54.2 Å². The van der Waals surface area contributed by atoms with Crippen molar-refractivity contribution in [3.05, 3.63) is 102 Å². The molecule has 0 bridgehead atoms. The van der Waals surface area contributed by atoms with Gasteiger partial charge in [-0.2, -0.15) is 4.72 Å². The molecule has 4 aromatic rings. The molecule has 7 heteroatoms. The summed E-state index contributed by atoms with van der Waals surface area (Å²) < 4.78 is 35.4. The quantitative estimate of drug-likeness (QED) is 0.364. The van der Waals surface area contributed by atoms with Gasteiger partial charge in [0.25, 0.3) is 0 Å². The zero-order valence-electron chi connectivity index (χ0n) is 18.8. The Morgan fingerprint density at radius 3 is 2.12 bits per heavy atom. The van der Waals surface area contributed by atoms with Crippen LogP contribution in [0.2, 0.25) is 0 Å². The monoisotopic (exact) mass is 473 g/mol. The number of nitrogens with zero attached hydrogens (tertiary/aromatic N) is 2. The predicted molar refractivity (Wildman–Crippen MR) is 131 cm³/mol. The summed E-state index contributed by atoms with van der Waals surface area (Å²) in [6.07, 6.45) is 6.10. The second-order valence-electron chi connectivity index (χ2n) is 8.68. The Labute approximate surface area is 200 Å². The molecule has 1 heterocycles. The fourth-order valence-electron chi connectivity index (χ4n) is 4.53. The number of rotatable bonds is 7. The van der Waals surface area contributed by atoms with E-state index in [9.17, 15) is 8.42 Å². The van der Waals surface area contributed by atoms with Crippen LogP contribution in [0.25, 0.3) is 11.5 Å². The third-order valence-electron chi connectivity index (χ3n) is 6.38. The van der Waals surface area contributed by atoms with E-state index < -0.39 is 16.1 Å². The van der Waals surface area contributed by atoms with Gasteiger partial charge >= 0.3 is 0 Å². The van der Waals surface area contributed by atoms with E-state index in [2.05, 4.69) is 14.9 Å². The molecule has 0 aliphatic heterocycles. The Bertz CT molecular complexity index is 1310. The van der Waals surface area contributed by atoms with Gasteiger partial charge in [-0.1, -0.05) is 79.9 Å². The lowest BCUT2D eigenvalue weighted by Gasteiger charge is -2.22. The molecule has 0 unspecified atom stereocenters. The van der Waals surface area contributed by atoms with Gasteiger partial charge in [0.15, 0.2) is 0 Å². The van der Waals surface area contributed by atoms with Crippen LogP contribution in [-0.2, 0) is 10.0 Å². The molecule has 6 nitrogen and oxygen atoms in total. The Morgan fingerprint density at radius 2 is 1.44 bits per heavy atom. The smallest absolute Gasteiger partial charge is 0.247 e. The molecule has 1 aromatic heterocycles. The number of sulfonamides is 1. The molecular formula is C27H27N3O3S. The lowest BCUT2D eigenvalue weighted by Crippen LogP contribution is -2.29. The second-order valence-corrected chi connectivity index (χ2v) is 10.4.